The summed E-state index contributed by atoms with van der Waals surface area (Å²) in [5.41, 5.74) is 1.46. The fourth-order valence-electron chi connectivity index (χ4n) is 2.75. The average molecular weight is 361 g/mol. The van der Waals surface area contributed by atoms with Crippen molar-refractivity contribution in [1.29, 1.82) is 0 Å². The molecule has 0 N–H and O–H groups in total. The number of ether oxygens (including phenoxy) is 1. The van der Waals surface area contributed by atoms with E-state index in [2.05, 4.69) is 10.1 Å². The Morgan fingerprint density at radius 1 is 1.33 bits per heavy atom. The van der Waals surface area contributed by atoms with Gasteiger partial charge in [-0.25, -0.2) is 9.78 Å². The predicted molar refractivity (Wildman–Crippen MR) is 92.0 cm³/mol. The Kier molecular flexibility index (Phi) is 3.93. The van der Waals surface area contributed by atoms with E-state index in [4.69, 9.17) is 4.74 Å². The Balaban J connectivity index is 1.51. The maximum Gasteiger partial charge on any atom is 0.348 e. The van der Waals surface area contributed by atoms with Crippen molar-refractivity contribution in [3.05, 3.63) is 48.5 Å². The number of carbonyl (C=O) groups excluding carboxylic acids is 1. The van der Waals surface area contributed by atoms with Crippen molar-refractivity contribution in [3.63, 3.8) is 0 Å². The van der Waals surface area contributed by atoms with Gasteiger partial charge in [0.05, 0.1) is 5.69 Å². The molecule has 0 spiro atoms. The van der Waals surface area contributed by atoms with Crippen molar-refractivity contribution >= 4 is 33.6 Å². The quantitative estimate of drug-likeness (QED) is 0.668. The molecule has 0 atom stereocenters. The molecular weight excluding hydrogens is 346 g/mol. The second kappa shape index (κ2) is 6.10. The summed E-state index contributed by atoms with van der Waals surface area (Å²) < 4.78 is 6.62. The maximum absolute atomic E-state index is 12.2. The lowest BCUT2D eigenvalue weighted by Gasteiger charge is -2.02. The lowest BCUT2D eigenvalue weighted by atomic mass is 10.2. The van der Waals surface area contributed by atoms with Gasteiger partial charge in [0.1, 0.15) is 16.5 Å². The van der Waals surface area contributed by atoms with Crippen LogP contribution in [0.5, 0.6) is 0 Å². The van der Waals surface area contributed by atoms with Crippen LogP contribution in [0.3, 0.4) is 0 Å². The number of carbonyl (C=O) groups is 1. The van der Waals surface area contributed by atoms with Crippen molar-refractivity contribution in [3.8, 4) is 0 Å². The Bertz CT molecular complexity index is 965. The highest BCUT2D eigenvalue weighted by molar-refractivity contribution is 7.16. The molecule has 0 bridgehead atoms. The van der Waals surface area contributed by atoms with Gasteiger partial charge in [-0.2, -0.15) is 9.61 Å². The third kappa shape index (κ3) is 2.76. The van der Waals surface area contributed by atoms with Crippen LogP contribution < -0.4 is 5.56 Å². The van der Waals surface area contributed by atoms with E-state index >= 15 is 0 Å². The molecule has 24 heavy (non-hydrogen) atoms. The first-order valence-electron chi connectivity index (χ1n) is 7.81. The molecule has 0 unspecified atom stereocenters. The van der Waals surface area contributed by atoms with E-state index in [-0.39, 0.29) is 18.1 Å². The molecule has 3 aromatic heterocycles. The number of esters is 1. The van der Waals surface area contributed by atoms with E-state index in [1.54, 1.807) is 0 Å². The van der Waals surface area contributed by atoms with Crippen LogP contribution in [0.1, 0.15) is 44.2 Å². The highest BCUT2D eigenvalue weighted by Crippen LogP contribution is 2.31. The first-order chi connectivity index (χ1) is 11.6. The average Bonchev–Trinajstić information content (AvgIpc) is 3.25. The third-order valence-corrected chi connectivity index (χ3v) is 6.21. The molecule has 4 rings (SSSR count). The van der Waals surface area contributed by atoms with E-state index in [0.29, 0.717) is 15.5 Å². The summed E-state index contributed by atoms with van der Waals surface area (Å²) in [4.78, 5) is 31.1. The zero-order chi connectivity index (χ0) is 16.7. The summed E-state index contributed by atoms with van der Waals surface area (Å²) in [5.74, 6) is -0.352. The lowest BCUT2D eigenvalue weighted by Crippen LogP contribution is -2.16. The molecular formula is C16H15N3O3S2. The molecule has 6 nitrogen and oxygen atoms in total. The van der Waals surface area contributed by atoms with Crippen LogP contribution in [0, 0.1) is 0 Å². The van der Waals surface area contributed by atoms with Gasteiger partial charge in [0.2, 0.25) is 4.96 Å². The fourth-order valence-corrected chi connectivity index (χ4v) is 4.76. The van der Waals surface area contributed by atoms with E-state index in [0.717, 1.165) is 24.3 Å². The monoisotopic (exact) mass is 361 g/mol. The second-order valence-electron chi connectivity index (χ2n) is 5.62. The minimum Gasteiger partial charge on any atom is -0.455 e. The number of rotatable bonds is 4. The van der Waals surface area contributed by atoms with Gasteiger partial charge in [-0.3, -0.25) is 4.79 Å². The Hall–Kier alpha value is -2.06. The lowest BCUT2D eigenvalue weighted by molar-refractivity contribution is 0.0473. The summed E-state index contributed by atoms with van der Waals surface area (Å²) in [6.45, 7) is 1.97. The van der Waals surface area contributed by atoms with Crippen LogP contribution in [0.2, 0.25) is 0 Å². The second-order valence-corrected chi connectivity index (χ2v) is 7.80. The van der Waals surface area contributed by atoms with E-state index in [1.807, 2.05) is 13.0 Å². The molecule has 3 heterocycles. The van der Waals surface area contributed by atoms with Gasteiger partial charge in [0.25, 0.3) is 5.56 Å². The summed E-state index contributed by atoms with van der Waals surface area (Å²) in [5, 5.41) is 5.05. The van der Waals surface area contributed by atoms with Crippen molar-refractivity contribution in [2.75, 3.05) is 0 Å². The molecule has 0 aromatic carbocycles. The topological polar surface area (TPSA) is 73.6 Å². The third-order valence-electron chi connectivity index (χ3n) is 3.94. The van der Waals surface area contributed by atoms with Crippen molar-refractivity contribution in [1.82, 2.24) is 14.6 Å². The SMILES string of the molecule is CCc1nn2c(=O)cc(COC(=O)c3cc4c(s3)CCC4)nc2s1. The van der Waals surface area contributed by atoms with Crippen LogP contribution in [-0.2, 0) is 30.6 Å². The first kappa shape index (κ1) is 15.5. The van der Waals surface area contributed by atoms with Gasteiger partial charge in [0.15, 0.2) is 0 Å². The molecule has 1 aliphatic carbocycles. The number of nitrogens with zero attached hydrogens (tertiary/aromatic N) is 3. The zero-order valence-corrected chi connectivity index (χ0v) is 14.7. The fraction of sp³-hybridized carbons (Fsp3) is 0.375. The van der Waals surface area contributed by atoms with Gasteiger partial charge in [-0.15, -0.1) is 11.3 Å². The van der Waals surface area contributed by atoms with E-state index in [9.17, 15) is 9.59 Å². The molecule has 0 radical (unpaired) electrons. The van der Waals surface area contributed by atoms with Crippen molar-refractivity contribution in [2.45, 2.75) is 39.2 Å². The number of aryl methyl sites for hydroxylation is 3. The molecule has 0 amide bonds. The summed E-state index contributed by atoms with van der Waals surface area (Å²) in [7, 11) is 0. The maximum atomic E-state index is 12.2. The number of fused-ring (bicyclic) bond motifs is 2. The number of thiophene rings is 1. The summed E-state index contributed by atoms with van der Waals surface area (Å²) >= 11 is 2.88. The standard InChI is InChI=1S/C16H15N3O3S2/c1-2-13-18-19-14(20)7-10(17-16(19)24-13)8-22-15(21)12-6-9-4-3-5-11(9)23-12/h6-7H,2-5,8H2,1H3. The normalized spacial score (nSPS) is 13.4. The van der Waals surface area contributed by atoms with Gasteiger partial charge in [-0.05, 0) is 37.3 Å². The largest absolute Gasteiger partial charge is 0.455 e. The zero-order valence-electron chi connectivity index (χ0n) is 13.1. The molecule has 0 fully saturated rings. The number of aromatic nitrogens is 3. The predicted octanol–water partition coefficient (Wildman–Crippen LogP) is 2.62. The molecule has 8 heteroatoms. The van der Waals surface area contributed by atoms with Crippen LogP contribution >= 0.6 is 22.7 Å². The van der Waals surface area contributed by atoms with Gasteiger partial charge in [-0.1, -0.05) is 18.3 Å². The Labute approximate surface area is 145 Å². The smallest absolute Gasteiger partial charge is 0.348 e. The van der Waals surface area contributed by atoms with Gasteiger partial charge in [0, 0.05) is 10.9 Å². The summed E-state index contributed by atoms with van der Waals surface area (Å²) in [6.07, 6.45) is 4.01. The minimum atomic E-state index is -0.352. The molecule has 0 saturated carbocycles. The van der Waals surface area contributed by atoms with E-state index < -0.39 is 0 Å². The first-order valence-corrected chi connectivity index (χ1v) is 9.44. The van der Waals surface area contributed by atoms with E-state index in [1.165, 1.54) is 50.1 Å². The highest BCUT2D eigenvalue weighted by Gasteiger charge is 2.19. The Morgan fingerprint density at radius 2 is 2.21 bits per heavy atom. The number of hydrogen-bond donors (Lipinski definition) is 0. The molecule has 124 valence electrons. The van der Waals surface area contributed by atoms with Crippen LogP contribution in [-0.4, -0.2) is 20.6 Å². The summed E-state index contributed by atoms with van der Waals surface area (Å²) in [6, 6.07) is 3.30. The molecule has 1 aliphatic rings. The highest BCUT2D eigenvalue weighted by atomic mass is 32.1. The van der Waals surface area contributed by atoms with Crippen LogP contribution in [0.25, 0.3) is 4.96 Å². The molecule has 3 aromatic rings. The van der Waals surface area contributed by atoms with Crippen molar-refractivity contribution < 1.29 is 9.53 Å². The Morgan fingerprint density at radius 3 is 3.00 bits per heavy atom. The van der Waals surface area contributed by atoms with Gasteiger partial charge < -0.3 is 4.74 Å². The van der Waals surface area contributed by atoms with Crippen LogP contribution in [0.15, 0.2) is 16.9 Å². The van der Waals surface area contributed by atoms with Gasteiger partial charge >= 0.3 is 5.97 Å². The minimum absolute atomic E-state index is 0.00744. The molecule has 0 saturated heterocycles. The number of hydrogen-bond acceptors (Lipinski definition) is 7. The van der Waals surface area contributed by atoms with Crippen LogP contribution in [0.4, 0.5) is 0 Å². The van der Waals surface area contributed by atoms with Crippen molar-refractivity contribution in [2.24, 2.45) is 0 Å². The molecule has 0 aliphatic heterocycles.